The Labute approximate surface area is 163 Å². The molecule has 3 aromatic heterocycles. The average molecular weight is 377 g/mol. The highest BCUT2D eigenvalue weighted by atomic mass is 16.2. The van der Waals surface area contributed by atoms with Crippen molar-refractivity contribution >= 4 is 28.9 Å². The number of carbonyl (C=O) groups excluding carboxylic acids is 1. The van der Waals surface area contributed by atoms with Gasteiger partial charge in [-0.1, -0.05) is 0 Å². The number of rotatable bonds is 2. The van der Waals surface area contributed by atoms with Gasteiger partial charge in [0.1, 0.15) is 11.5 Å². The number of aryl methyl sites for hydroxylation is 1. The lowest BCUT2D eigenvalue weighted by atomic mass is 10.1. The van der Waals surface area contributed by atoms with Crippen molar-refractivity contribution in [2.24, 2.45) is 0 Å². The van der Waals surface area contributed by atoms with E-state index >= 15 is 0 Å². The summed E-state index contributed by atoms with van der Waals surface area (Å²) in [4.78, 5) is 26.0. The fraction of sp³-hybridized carbons (Fsp3) is 0.350. The van der Waals surface area contributed by atoms with Crippen molar-refractivity contribution in [2.45, 2.75) is 13.3 Å². The molecule has 8 nitrogen and oxygen atoms in total. The standard InChI is InChI=1S/C20H23N7O/c1-14-12-26-13-15(2-3-18(26)23-14)24-20(28)27-9-5-16-17(4-6-22-19(16)27)25-10-7-21-8-11-25/h2-4,6,12-13,21H,5,7-11H2,1H3,(H,24,28). The van der Waals surface area contributed by atoms with E-state index in [1.165, 1.54) is 11.3 Å². The number of nitrogens with zero attached hydrogens (tertiary/aromatic N) is 5. The Kier molecular flexibility index (Phi) is 4.12. The van der Waals surface area contributed by atoms with E-state index in [4.69, 9.17) is 0 Å². The smallest absolute Gasteiger partial charge is 0.327 e. The summed E-state index contributed by atoms with van der Waals surface area (Å²) in [6, 6.07) is 5.70. The largest absolute Gasteiger partial charge is 0.369 e. The number of anilines is 3. The van der Waals surface area contributed by atoms with Crippen LogP contribution in [0.2, 0.25) is 0 Å². The van der Waals surface area contributed by atoms with Gasteiger partial charge in [-0.25, -0.2) is 14.8 Å². The van der Waals surface area contributed by atoms with Crippen LogP contribution in [0.25, 0.3) is 5.65 Å². The Morgan fingerprint density at radius 2 is 2.00 bits per heavy atom. The van der Waals surface area contributed by atoms with Crippen LogP contribution in [0.5, 0.6) is 0 Å². The van der Waals surface area contributed by atoms with E-state index in [1.54, 1.807) is 4.90 Å². The van der Waals surface area contributed by atoms with Gasteiger partial charge in [-0.05, 0) is 31.5 Å². The number of imidazole rings is 1. The third-order valence-electron chi connectivity index (χ3n) is 5.38. The number of hydrogen-bond acceptors (Lipinski definition) is 5. The average Bonchev–Trinajstić information content (AvgIpc) is 3.30. The monoisotopic (exact) mass is 377 g/mol. The van der Waals surface area contributed by atoms with Gasteiger partial charge in [0.25, 0.3) is 0 Å². The van der Waals surface area contributed by atoms with Gasteiger partial charge >= 0.3 is 6.03 Å². The molecule has 0 radical (unpaired) electrons. The molecule has 0 atom stereocenters. The molecular formula is C20H23N7O. The molecule has 0 bridgehead atoms. The highest BCUT2D eigenvalue weighted by molar-refractivity contribution is 6.03. The van der Waals surface area contributed by atoms with Gasteiger partial charge < -0.3 is 19.9 Å². The van der Waals surface area contributed by atoms with E-state index in [-0.39, 0.29) is 6.03 Å². The van der Waals surface area contributed by atoms with Crippen molar-refractivity contribution in [1.29, 1.82) is 0 Å². The third kappa shape index (κ3) is 2.95. The zero-order valence-corrected chi connectivity index (χ0v) is 15.9. The number of carbonyl (C=O) groups is 1. The summed E-state index contributed by atoms with van der Waals surface area (Å²) in [5.41, 5.74) is 4.92. The highest BCUT2D eigenvalue weighted by Gasteiger charge is 2.30. The van der Waals surface area contributed by atoms with Crippen molar-refractivity contribution in [3.05, 3.63) is 48.0 Å². The van der Waals surface area contributed by atoms with E-state index in [9.17, 15) is 4.79 Å². The van der Waals surface area contributed by atoms with Crippen molar-refractivity contribution in [3.8, 4) is 0 Å². The molecule has 144 valence electrons. The Morgan fingerprint density at radius 1 is 1.14 bits per heavy atom. The van der Waals surface area contributed by atoms with E-state index < -0.39 is 0 Å². The van der Waals surface area contributed by atoms with Gasteiger partial charge in [-0.15, -0.1) is 0 Å². The van der Waals surface area contributed by atoms with Crippen LogP contribution < -0.4 is 20.4 Å². The molecule has 0 unspecified atom stereocenters. The Balaban J connectivity index is 1.38. The molecule has 1 saturated heterocycles. The second-order valence-electron chi connectivity index (χ2n) is 7.27. The van der Waals surface area contributed by atoms with Crippen LogP contribution in [0.1, 0.15) is 11.3 Å². The van der Waals surface area contributed by atoms with Crippen molar-refractivity contribution in [3.63, 3.8) is 0 Å². The maximum absolute atomic E-state index is 12.9. The maximum atomic E-state index is 12.9. The van der Waals surface area contributed by atoms with Gasteiger partial charge in [0.2, 0.25) is 0 Å². The second-order valence-corrected chi connectivity index (χ2v) is 7.27. The molecule has 3 aromatic rings. The SMILES string of the molecule is Cc1cn2cc(NC(=O)N3CCc4c(N5CCNCC5)ccnc43)ccc2n1. The van der Waals surface area contributed by atoms with E-state index in [2.05, 4.69) is 31.6 Å². The molecule has 28 heavy (non-hydrogen) atoms. The van der Waals surface area contributed by atoms with Crippen molar-refractivity contribution < 1.29 is 4.79 Å². The number of fused-ring (bicyclic) bond motifs is 2. The third-order valence-corrected chi connectivity index (χ3v) is 5.38. The number of pyridine rings is 2. The molecule has 8 heteroatoms. The lowest BCUT2D eigenvalue weighted by Gasteiger charge is -2.31. The summed E-state index contributed by atoms with van der Waals surface area (Å²) in [6.07, 6.45) is 6.46. The molecule has 0 aliphatic carbocycles. The number of hydrogen-bond donors (Lipinski definition) is 2. The number of urea groups is 1. The molecule has 2 amide bonds. The van der Waals surface area contributed by atoms with Gasteiger partial charge in [-0.2, -0.15) is 0 Å². The lowest BCUT2D eigenvalue weighted by molar-refractivity contribution is 0.257. The Morgan fingerprint density at radius 3 is 2.86 bits per heavy atom. The predicted molar refractivity (Wildman–Crippen MR) is 109 cm³/mol. The van der Waals surface area contributed by atoms with Crippen LogP contribution in [-0.2, 0) is 6.42 Å². The molecule has 5 heterocycles. The summed E-state index contributed by atoms with van der Waals surface area (Å²) in [6.45, 7) is 6.52. The van der Waals surface area contributed by atoms with Crippen molar-refractivity contribution in [1.82, 2.24) is 19.7 Å². The maximum Gasteiger partial charge on any atom is 0.327 e. The first kappa shape index (κ1) is 17.0. The van der Waals surface area contributed by atoms with Crippen LogP contribution in [-0.4, -0.2) is 53.1 Å². The number of amides is 2. The van der Waals surface area contributed by atoms with Gasteiger partial charge in [0.05, 0.1) is 11.4 Å². The minimum atomic E-state index is -0.153. The van der Waals surface area contributed by atoms with E-state index in [0.717, 1.165) is 55.4 Å². The first-order valence-electron chi connectivity index (χ1n) is 9.66. The van der Waals surface area contributed by atoms with E-state index in [1.807, 2.05) is 42.0 Å². The van der Waals surface area contributed by atoms with Gasteiger partial charge in [0.15, 0.2) is 0 Å². The topological polar surface area (TPSA) is 77.8 Å². The normalized spacial score (nSPS) is 16.5. The van der Waals surface area contributed by atoms with Crippen LogP contribution in [0.3, 0.4) is 0 Å². The first-order valence-corrected chi connectivity index (χ1v) is 9.66. The summed E-state index contributed by atoms with van der Waals surface area (Å²) >= 11 is 0. The van der Waals surface area contributed by atoms with Crippen LogP contribution in [0.4, 0.5) is 22.0 Å². The molecule has 5 rings (SSSR count). The van der Waals surface area contributed by atoms with Crippen molar-refractivity contribution in [2.75, 3.05) is 47.8 Å². The van der Waals surface area contributed by atoms with Gasteiger partial charge in [0, 0.05) is 62.6 Å². The fourth-order valence-electron chi connectivity index (χ4n) is 4.06. The predicted octanol–water partition coefficient (Wildman–Crippen LogP) is 2.04. The molecular weight excluding hydrogens is 354 g/mol. The zero-order valence-electron chi connectivity index (χ0n) is 15.9. The minimum absolute atomic E-state index is 0.153. The summed E-state index contributed by atoms with van der Waals surface area (Å²) < 4.78 is 1.92. The number of aromatic nitrogens is 3. The molecule has 0 aromatic carbocycles. The Bertz CT molecular complexity index is 1040. The van der Waals surface area contributed by atoms with Gasteiger partial charge in [-0.3, -0.25) is 4.90 Å². The number of nitrogens with one attached hydrogen (secondary N) is 2. The first-order chi connectivity index (χ1) is 13.7. The Hall–Kier alpha value is -3.13. The van der Waals surface area contributed by atoms with Crippen LogP contribution in [0, 0.1) is 6.92 Å². The second kappa shape index (κ2) is 6.79. The quantitative estimate of drug-likeness (QED) is 0.715. The summed E-state index contributed by atoms with van der Waals surface area (Å²) in [7, 11) is 0. The van der Waals surface area contributed by atoms with E-state index in [0.29, 0.717) is 6.54 Å². The van der Waals surface area contributed by atoms with Crippen LogP contribution >= 0.6 is 0 Å². The molecule has 0 spiro atoms. The van der Waals surface area contributed by atoms with Crippen LogP contribution in [0.15, 0.2) is 36.8 Å². The zero-order chi connectivity index (χ0) is 19.1. The lowest BCUT2D eigenvalue weighted by Crippen LogP contribution is -2.43. The number of piperazine rings is 1. The molecule has 2 aliphatic heterocycles. The fourth-order valence-corrected chi connectivity index (χ4v) is 4.06. The molecule has 0 saturated carbocycles. The summed E-state index contributed by atoms with van der Waals surface area (Å²) in [5, 5.41) is 6.38. The molecule has 1 fully saturated rings. The minimum Gasteiger partial charge on any atom is -0.369 e. The summed E-state index contributed by atoms with van der Waals surface area (Å²) in [5.74, 6) is 0.771. The molecule has 2 aliphatic rings. The highest BCUT2D eigenvalue weighted by Crippen LogP contribution is 2.34. The molecule has 2 N–H and O–H groups in total.